The van der Waals surface area contributed by atoms with E-state index in [0.717, 1.165) is 30.8 Å². The molecule has 0 amide bonds. The Balaban J connectivity index is 1.65. The second-order valence-corrected chi connectivity index (χ2v) is 7.21. The first-order valence-corrected chi connectivity index (χ1v) is 8.41. The van der Waals surface area contributed by atoms with Crippen molar-refractivity contribution in [2.75, 3.05) is 13.7 Å². The highest BCUT2D eigenvalue weighted by molar-refractivity contribution is 9.09. The molecule has 0 saturated heterocycles. The number of hydrogen-bond acceptors (Lipinski definition) is 1. The molecule has 2 aliphatic carbocycles. The van der Waals surface area contributed by atoms with Gasteiger partial charge in [0.25, 0.3) is 0 Å². The summed E-state index contributed by atoms with van der Waals surface area (Å²) in [5.74, 6) is 2.86. The predicted molar refractivity (Wildman–Crippen MR) is 82.6 cm³/mol. The van der Waals surface area contributed by atoms with Crippen LogP contribution in [0, 0.1) is 17.8 Å². The van der Waals surface area contributed by atoms with Crippen LogP contribution in [0.1, 0.15) is 41.6 Å². The Morgan fingerprint density at radius 3 is 2.58 bits per heavy atom. The Morgan fingerprint density at radius 2 is 2.00 bits per heavy atom. The SMILES string of the molecule is COCCc1ccc(C(Br)C2CC3CCC2C3)cc1. The van der Waals surface area contributed by atoms with Gasteiger partial charge in [0.2, 0.25) is 0 Å². The number of fused-ring (bicyclic) bond motifs is 2. The van der Waals surface area contributed by atoms with Crippen molar-refractivity contribution >= 4 is 15.9 Å². The van der Waals surface area contributed by atoms with Gasteiger partial charge in [-0.05, 0) is 54.6 Å². The Hall–Kier alpha value is -0.340. The molecule has 0 aromatic heterocycles. The monoisotopic (exact) mass is 322 g/mol. The molecule has 19 heavy (non-hydrogen) atoms. The van der Waals surface area contributed by atoms with Crippen LogP contribution >= 0.6 is 15.9 Å². The lowest BCUT2D eigenvalue weighted by Gasteiger charge is -2.27. The summed E-state index contributed by atoms with van der Waals surface area (Å²) >= 11 is 3.97. The van der Waals surface area contributed by atoms with E-state index < -0.39 is 0 Å². The topological polar surface area (TPSA) is 9.23 Å². The first kappa shape index (κ1) is 13.6. The molecular weight excluding hydrogens is 300 g/mol. The second kappa shape index (κ2) is 5.97. The molecule has 3 rings (SSSR count). The minimum absolute atomic E-state index is 0.555. The summed E-state index contributed by atoms with van der Waals surface area (Å²) < 4.78 is 5.13. The summed E-state index contributed by atoms with van der Waals surface area (Å²) in [6, 6.07) is 9.12. The lowest BCUT2D eigenvalue weighted by Crippen LogP contribution is -2.15. The number of benzene rings is 1. The fourth-order valence-corrected chi connectivity index (χ4v) is 4.94. The van der Waals surface area contributed by atoms with Gasteiger partial charge in [-0.3, -0.25) is 0 Å². The van der Waals surface area contributed by atoms with E-state index in [2.05, 4.69) is 40.2 Å². The average molecular weight is 323 g/mol. The molecule has 0 aliphatic heterocycles. The predicted octanol–water partition coefficient (Wildman–Crippen LogP) is 4.75. The smallest absolute Gasteiger partial charge is 0.0502 e. The molecule has 0 spiro atoms. The molecule has 4 atom stereocenters. The number of hydrogen-bond donors (Lipinski definition) is 0. The summed E-state index contributed by atoms with van der Waals surface area (Å²) in [5.41, 5.74) is 2.83. The van der Waals surface area contributed by atoms with Crippen LogP contribution in [0.2, 0.25) is 0 Å². The van der Waals surface area contributed by atoms with Crippen LogP contribution in [0.4, 0.5) is 0 Å². The fraction of sp³-hybridized carbons (Fsp3) is 0.647. The Labute approximate surface area is 124 Å². The number of rotatable bonds is 5. The maximum Gasteiger partial charge on any atom is 0.0502 e. The van der Waals surface area contributed by atoms with Crippen LogP contribution in [0.15, 0.2) is 24.3 Å². The van der Waals surface area contributed by atoms with Crippen LogP contribution in [0.3, 0.4) is 0 Å². The van der Waals surface area contributed by atoms with Gasteiger partial charge in [-0.2, -0.15) is 0 Å². The highest BCUT2D eigenvalue weighted by Crippen LogP contribution is 2.54. The molecule has 2 saturated carbocycles. The molecule has 1 nitrogen and oxygen atoms in total. The summed E-state index contributed by atoms with van der Waals surface area (Å²) in [7, 11) is 1.76. The van der Waals surface area contributed by atoms with Gasteiger partial charge >= 0.3 is 0 Å². The van der Waals surface area contributed by atoms with Crippen molar-refractivity contribution in [1.82, 2.24) is 0 Å². The van der Waals surface area contributed by atoms with Crippen LogP contribution in [0.5, 0.6) is 0 Å². The highest BCUT2D eigenvalue weighted by atomic mass is 79.9. The standard InChI is InChI=1S/C17H23BrO/c1-19-9-8-12-2-5-14(6-3-12)17(18)16-11-13-4-7-15(16)10-13/h2-3,5-6,13,15-17H,4,7-11H2,1H3. The molecule has 0 heterocycles. The van der Waals surface area contributed by atoms with Crippen LogP contribution in [-0.4, -0.2) is 13.7 Å². The summed E-state index contributed by atoms with van der Waals surface area (Å²) in [4.78, 5) is 0.555. The van der Waals surface area contributed by atoms with Crippen molar-refractivity contribution in [3.8, 4) is 0 Å². The fourth-order valence-electron chi connectivity index (χ4n) is 3.99. The van der Waals surface area contributed by atoms with E-state index in [-0.39, 0.29) is 0 Å². The highest BCUT2D eigenvalue weighted by Gasteiger charge is 2.42. The number of halogens is 1. The van der Waals surface area contributed by atoms with Crippen molar-refractivity contribution in [3.63, 3.8) is 0 Å². The van der Waals surface area contributed by atoms with Crippen molar-refractivity contribution in [2.45, 2.75) is 36.9 Å². The normalized spacial score (nSPS) is 30.7. The molecular formula is C17H23BrO. The largest absolute Gasteiger partial charge is 0.384 e. The maximum atomic E-state index is 5.13. The van der Waals surface area contributed by atoms with Gasteiger partial charge in [0.1, 0.15) is 0 Å². The number of ether oxygens (including phenoxy) is 1. The van der Waals surface area contributed by atoms with Gasteiger partial charge in [0.15, 0.2) is 0 Å². The molecule has 0 radical (unpaired) electrons. The third-order valence-electron chi connectivity index (χ3n) is 5.06. The van der Waals surface area contributed by atoms with Crippen LogP contribution in [0.25, 0.3) is 0 Å². The summed E-state index contributed by atoms with van der Waals surface area (Å²) in [6.45, 7) is 0.809. The van der Waals surface area contributed by atoms with Crippen molar-refractivity contribution in [1.29, 1.82) is 0 Å². The number of methoxy groups -OCH3 is 1. The zero-order chi connectivity index (χ0) is 13.2. The third-order valence-corrected chi connectivity index (χ3v) is 6.27. The van der Waals surface area contributed by atoms with Gasteiger partial charge in [0, 0.05) is 11.9 Å². The Bertz CT molecular complexity index is 414. The lowest BCUT2D eigenvalue weighted by molar-refractivity contribution is 0.202. The van der Waals surface area contributed by atoms with E-state index in [1.165, 1.54) is 36.8 Å². The number of alkyl halides is 1. The molecule has 4 unspecified atom stereocenters. The summed E-state index contributed by atoms with van der Waals surface area (Å²) in [5, 5.41) is 0. The molecule has 2 aliphatic rings. The molecule has 2 fully saturated rings. The Kier molecular flexibility index (Phi) is 4.28. The minimum Gasteiger partial charge on any atom is -0.384 e. The quantitative estimate of drug-likeness (QED) is 0.711. The third kappa shape index (κ3) is 2.90. The van der Waals surface area contributed by atoms with Gasteiger partial charge in [-0.25, -0.2) is 0 Å². The first-order chi connectivity index (χ1) is 9.28. The summed E-state index contributed by atoms with van der Waals surface area (Å²) in [6.07, 6.45) is 6.88. The van der Waals surface area contributed by atoms with Crippen LogP contribution in [-0.2, 0) is 11.2 Å². The molecule has 2 heteroatoms. The van der Waals surface area contributed by atoms with Gasteiger partial charge < -0.3 is 4.74 Å². The van der Waals surface area contributed by atoms with E-state index in [1.54, 1.807) is 7.11 Å². The molecule has 1 aromatic rings. The Morgan fingerprint density at radius 1 is 1.21 bits per heavy atom. The van der Waals surface area contributed by atoms with E-state index in [9.17, 15) is 0 Å². The molecule has 1 aromatic carbocycles. The molecule has 0 N–H and O–H groups in total. The van der Waals surface area contributed by atoms with E-state index in [1.807, 2.05) is 0 Å². The van der Waals surface area contributed by atoms with Crippen LogP contribution < -0.4 is 0 Å². The second-order valence-electron chi connectivity index (χ2n) is 6.22. The van der Waals surface area contributed by atoms with E-state index in [4.69, 9.17) is 4.74 Å². The van der Waals surface area contributed by atoms with Gasteiger partial charge in [-0.15, -0.1) is 0 Å². The zero-order valence-corrected chi connectivity index (χ0v) is 13.2. The van der Waals surface area contributed by atoms with Crippen molar-refractivity contribution in [3.05, 3.63) is 35.4 Å². The van der Waals surface area contributed by atoms with Crippen molar-refractivity contribution in [2.24, 2.45) is 17.8 Å². The van der Waals surface area contributed by atoms with E-state index in [0.29, 0.717) is 4.83 Å². The van der Waals surface area contributed by atoms with Crippen molar-refractivity contribution < 1.29 is 4.74 Å². The van der Waals surface area contributed by atoms with E-state index >= 15 is 0 Å². The average Bonchev–Trinajstić information content (AvgIpc) is 3.07. The molecule has 2 bridgehead atoms. The minimum atomic E-state index is 0.555. The van der Waals surface area contributed by atoms with Gasteiger partial charge in [-0.1, -0.05) is 46.6 Å². The maximum absolute atomic E-state index is 5.13. The zero-order valence-electron chi connectivity index (χ0n) is 11.6. The first-order valence-electron chi connectivity index (χ1n) is 7.49. The van der Waals surface area contributed by atoms with Gasteiger partial charge in [0.05, 0.1) is 6.61 Å². The molecule has 104 valence electrons. The lowest BCUT2D eigenvalue weighted by atomic mass is 9.84.